The second-order valence-corrected chi connectivity index (χ2v) is 7.40. The van der Waals surface area contributed by atoms with Crippen molar-refractivity contribution in [3.05, 3.63) is 16.1 Å². The van der Waals surface area contributed by atoms with Gasteiger partial charge >= 0.3 is 0 Å². The average Bonchev–Trinajstić information content (AvgIpc) is 3.17. The van der Waals surface area contributed by atoms with Crippen LogP contribution in [0.25, 0.3) is 0 Å². The molecule has 0 bridgehead atoms. The lowest BCUT2D eigenvalue weighted by Gasteiger charge is -2.40. The average molecular weight is 307 g/mol. The fraction of sp³-hybridized carbons (Fsp3) is 0.667. The first kappa shape index (κ1) is 14.5. The van der Waals surface area contributed by atoms with Crippen LogP contribution in [0, 0.1) is 18.8 Å². The molecule has 2 fully saturated rings. The van der Waals surface area contributed by atoms with Crippen LogP contribution in [-0.4, -0.2) is 33.8 Å². The summed E-state index contributed by atoms with van der Waals surface area (Å²) in [6.07, 6.45) is 2.07. The molecule has 3 rings (SSSR count). The van der Waals surface area contributed by atoms with Gasteiger partial charge in [-0.1, -0.05) is 13.8 Å². The van der Waals surface area contributed by atoms with Crippen molar-refractivity contribution in [2.45, 2.75) is 52.2 Å². The van der Waals surface area contributed by atoms with Crippen LogP contribution in [-0.2, 0) is 16.1 Å². The molecule has 2 atom stereocenters. The highest BCUT2D eigenvalue weighted by Crippen LogP contribution is 2.36. The lowest BCUT2D eigenvalue weighted by Crippen LogP contribution is -2.65. The van der Waals surface area contributed by atoms with Gasteiger partial charge in [0.25, 0.3) is 0 Å². The molecule has 2 amide bonds. The Balaban J connectivity index is 1.86. The van der Waals surface area contributed by atoms with E-state index in [1.165, 1.54) is 0 Å². The third-order valence-corrected chi connectivity index (χ3v) is 5.00. The monoisotopic (exact) mass is 307 g/mol. The number of carbonyl (C=O) groups excluding carboxylic acids is 2. The number of amides is 2. The van der Waals surface area contributed by atoms with Crippen LogP contribution in [0.4, 0.5) is 0 Å². The van der Waals surface area contributed by atoms with Crippen molar-refractivity contribution in [2.24, 2.45) is 11.8 Å². The molecule has 21 heavy (non-hydrogen) atoms. The molecule has 1 N–H and O–H groups in total. The van der Waals surface area contributed by atoms with Gasteiger partial charge in [0.2, 0.25) is 11.8 Å². The third-order valence-electron chi connectivity index (χ3n) is 4.18. The van der Waals surface area contributed by atoms with Crippen molar-refractivity contribution in [2.75, 3.05) is 0 Å². The van der Waals surface area contributed by atoms with E-state index in [2.05, 4.69) is 10.3 Å². The molecule has 1 aromatic heterocycles. The van der Waals surface area contributed by atoms with Crippen LogP contribution < -0.4 is 5.32 Å². The Bertz CT molecular complexity index is 565. The second-order valence-electron chi connectivity index (χ2n) is 6.34. The summed E-state index contributed by atoms with van der Waals surface area (Å²) >= 11 is 1.57. The molecule has 0 radical (unpaired) electrons. The maximum absolute atomic E-state index is 12.8. The van der Waals surface area contributed by atoms with E-state index in [1.807, 2.05) is 26.2 Å². The Kier molecular flexibility index (Phi) is 3.73. The van der Waals surface area contributed by atoms with E-state index < -0.39 is 6.04 Å². The highest BCUT2D eigenvalue weighted by Gasteiger charge is 2.47. The van der Waals surface area contributed by atoms with Crippen LogP contribution in [0.2, 0.25) is 0 Å². The first-order valence-corrected chi connectivity index (χ1v) is 8.37. The van der Waals surface area contributed by atoms with E-state index in [0.717, 1.165) is 23.5 Å². The summed E-state index contributed by atoms with van der Waals surface area (Å²) in [6.45, 7) is 6.34. The first-order valence-electron chi connectivity index (χ1n) is 7.49. The topological polar surface area (TPSA) is 62.3 Å². The van der Waals surface area contributed by atoms with Crippen LogP contribution in [0.5, 0.6) is 0 Å². The van der Waals surface area contributed by atoms with Gasteiger partial charge in [-0.2, -0.15) is 0 Å². The highest BCUT2D eigenvalue weighted by atomic mass is 32.1. The van der Waals surface area contributed by atoms with E-state index >= 15 is 0 Å². The lowest BCUT2D eigenvalue weighted by atomic mass is 9.95. The minimum absolute atomic E-state index is 0.0200. The SMILES string of the molecule is Cc1nc(CN2C(=O)C(C3CC3)NC(=O)C2C(C)C)cs1. The first-order chi connectivity index (χ1) is 9.97. The number of carbonyl (C=O) groups is 2. The summed E-state index contributed by atoms with van der Waals surface area (Å²) in [5.41, 5.74) is 0.876. The van der Waals surface area contributed by atoms with E-state index in [4.69, 9.17) is 0 Å². The molecule has 1 saturated heterocycles. The number of rotatable bonds is 4. The smallest absolute Gasteiger partial charge is 0.246 e. The minimum Gasteiger partial charge on any atom is -0.342 e. The molecule has 5 nitrogen and oxygen atoms in total. The molecular weight excluding hydrogens is 286 g/mol. The number of aromatic nitrogens is 1. The number of hydrogen-bond acceptors (Lipinski definition) is 4. The number of nitrogens with one attached hydrogen (secondary N) is 1. The molecule has 0 aromatic carbocycles. The zero-order chi connectivity index (χ0) is 15.1. The molecule has 1 aliphatic heterocycles. The Morgan fingerprint density at radius 1 is 1.43 bits per heavy atom. The van der Waals surface area contributed by atoms with Crippen molar-refractivity contribution >= 4 is 23.2 Å². The van der Waals surface area contributed by atoms with Gasteiger partial charge < -0.3 is 10.2 Å². The predicted molar refractivity (Wildman–Crippen MR) is 80.7 cm³/mol. The molecule has 1 aliphatic carbocycles. The summed E-state index contributed by atoms with van der Waals surface area (Å²) < 4.78 is 0. The van der Waals surface area contributed by atoms with Gasteiger partial charge in [-0.15, -0.1) is 11.3 Å². The fourth-order valence-corrected chi connectivity index (χ4v) is 3.60. The van der Waals surface area contributed by atoms with E-state index in [1.54, 1.807) is 16.2 Å². The number of nitrogens with zero attached hydrogens (tertiary/aromatic N) is 2. The summed E-state index contributed by atoms with van der Waals surface area (Å²) in [6, 6.07) is -0.721. The molecule has 114 valence electrons. The Morgan fingerprint density at radius 3 is 2.67 bits per heavy atom. The number of thiazole rings is 1. The van der Waals surface area contributed by atoms with Gasteiger partial charge in [0.15, 0.2) is 0 Å². The Morgan fingerprint density at radius 2 is 2.14 bits per heavy atom. The minimum atomic E-state index is -0.394. The van der Waals surface area contributed by atoms with E-state index in [9.17, 15) is 9.59 Å². The van der Waals surface area contributed by atoms with Crippen LogP contribution in [0.3, 0.4) is 0 Å². The molecular formula is C15H21N3O2S. The number of hydrogen-bond donors (Lipinski definition) is 1. The van der Waals surface area contributed by atoms with Crippen LogP contribution in [0.15, 0.2) is 5.38 Å². The molecule has 6 heteroatoms. The Hall–Kier alpha value is -1.43. The second kappa shape index (κ2) is 5.40. The van der Waals surface area contributed by atoms with Gasteiger partial charge in [-0.3, -0.25) is 9.59 Å². The Labute approximate surface area is 128 Å². The van der Waals surface area contributed by atoms with Crippen LogP contribution >= 0.6 is 11.3 Å². The zero-order valence-corrected chi connectivity index (χ0v) is 13.4. The summed E-state index contributed by atoms with van der Waals surface area (Å²) in [4.78, 5) is 31.3. The summed E-state index contributed by atoms with van der Waals surface area (Å²) in [5.74, 6) is 0.456. The van der Waals surface area contributed by atoms with Gasteiger partial charge in [0.1, 0.15) is 12.1 Å². The highest BCUT2D eigenvalue weighted by molar-refractivity contribution is 7.09. The van der Waals surface area contributed by atoms with Gasteiger partial charge in [0, 0.05) is 5.38 Å². The van der Waals surface area contributed by atoms with Crippen LogP contribution in [0.1, 0.15) is 37.4 Å². The van der Waals surface area contributed by atoms with Crippen molar-refractivity contribution in [3.8, 4) is 0 Å². The van der Waals surface area contributed by atoms with E-state index in [0.29, 0.717) is 12.5 Å². The molecule has 2 unspecified atom stereocenters. The summed E-state index contributed by atoms with van der Waals surface area (Å²) in [7, 11) is 0. The lowest BCUT2D eigenvalue weighted by molar-refractivity contribution is -0.152. The normalized spacial score (nSPS) is 26.4. The molecule has 2 heterocycles. The standard InChI is InChI=1S/C15H21N3O2S/c1-8(2)13-14(19)17-12(10-4-5-10)15(20)18(13)6-11-7-21-9(3)16-11/h7-8,10,12-13H,4-6H2,1-3H3,(H,17,19). The predicted octanol–water partition coefficient (Wildman–Crippen LogP) is 1.71. The number of piperazine rings is 1. The fourth-order valence-electron chi connectivity index (χ4n) is 3.00. The quantitative estimate of drug-likeness (QED) is 0.921. The van der Waals surface area contributed by atoms with Gasteiger partial charge in [-0.25, -0.2) is 4.98 Å². The van der Waals surface area contributed by atoms with Crippen molar-refractivity contribution < 1.29 is 9.59 Å². The van der Waals surface area contributed by atoms with Crippen molar-refractivity contribution in [1.82, 2.24) is 15.2 Å². The third kappa shape index (κ3) is 2.81. The molecule has 2 aliphatic rings. The molecule has 1 saturated carbocycles. The van der Waals surface area contributed by atoms with Gasteiger partial charge in [-0.05, 0) is 31.6 Å². The van der Waals surface area contributed by atoms with E-state index in [-0.39, 0.29) is 23.8 Å². The van der Waals surface area contributed by atoms with Crippen molar-refractivity contribution in [1.29, 1.82) is 0 Å². The van der Waals surface area contributed by atoms with Gasteiger partial charge in [0.05, 0.1) is 17.2 Å². The number of aryl methyl sites for hydroxylation is 1. The molecule has 1 aromatic rings. The zero-order valence-electron chi connectivity index (χ0n) is 12.6. The van der Waals surface area contributed by atoms with Crippen molar-refractivity contribution in [3.63, 3.8) is 0 Å². The molecule has 0 spiro atoms. The maximum atomic E-state index is 12.8. The largest absolute Gasteiger partial charge is 0.342 e. The maximum Gasteiger partial charge on any atom is 0.246 e. The summed E-state index contributed by atoms with van der Waals surface area (Å²) in [5, 5.41) is 5.89.